The highest BCUT2D eigenvalue weighted by atomic mass is 32.2. The van der Waals surface area contributed by atoms with Crippen LogP contribution in [0.4, 0.5) is 5.69 Å². The number of aryl methyl sites for hydroxylation is 1. The lowest BCUT2D eigenvalue weighted by Crippen LogP contribution is -2.38. The molecule has 0 atom stereocenters. The third-order valence-electron chi connectivity index (χ3n) is 3.07. The minimum absolute atomic E-state index is 0.331. The summed E-state index contributed by atoms with van der Waals surface area (Å²) in [5.41, 5.74) is 2.32. The average molecular weight is 266 g/mol. The van der Waals surface area contributed by atoms with Crippen LogP contribution in [-0.4, -0.2) is 26.0 Å². The zero-order chi connectivity index (χ0) is 14.0. The topological polar surface area (TPSA) is 70.0 Å². The predicted molar refractivity (Wildman–Crippen MR) is 73.3 cm³/mol. The second kappa shape index (κ2) is 4.99. The van der Waals surface area contributed by atoms with Crippen molar-refractivity contribution in [3.8, 4) is 6.07 Å². The van der Waals surface area contributed by atoms with Crippen molar-refractivity contribution in [3.05, 3.63) is 29.3 Å². The molecule has 0 heterocycles. The van der Waals surface area contributed by atoms with E-state index in [-0.39, 0.29) is 0 Å². The van der Waals surface area contributed by atoms with E-state index < -0.39 is 14.6 Å². The van der Waals surface area contributed by atoms with Gasteiger partial charge in [-0.25, -0.2) is 8.42 Å². The molecule has 0 bridgehead atoms. The first-order chi connectivity index (χ1) is 8.17. The Kier molecular flexibility index (Phi) is 4.02. The van der Waals surface area contributed by atoms with Gasteiger partial charge in [0.15, 0.2) is 9.84 Å². The van der Waals surface area contributed by atoms with Crippen LogP contribution in [0, 0.1) is 18.3 Å². The van der Waals surface area contributed by atoms with E-state index in [1.807, 2.05) is 13.0 Å². The van der Waals surface area contributed by atoms with Gasteiger partial charge in [-0.1, -0.05) is 0 Å². The van der Waals surface area contributed by atoms with Gasteiger partial charge in [-0.05, 0) is 44.5 Å². The van der Waals surface area contributed by atoms with Crippen LogP contribution in [0.2, 0.25) is 0 Å². The van der Waals surface area contributed by atoms with Crippen molar-refractivity contribution in [2.24, 2.45) is 0 Å². The highest BCUT2D eigenvalue weighted by molar-refractivity contribution is 7.92. The van der Waals surface area contributed by atoms with Gasteiger partial charge in [0.1, 0.15) is 0 Å². The number of hydrogen-bond donors (Lipinski definition) is 1. The molecule has 0 aliphatic heterocycles. The van der Waals surface area contributed by atoms with Gasteiger partial charge < -0.3 is 5.32 Å². The van der Waals surface area contributed by atoms with Crippen molar-refractivity contribution in [3.63, 3.8) is 0 Å². The molecule has 0 saturated carbocycles. The van der Waals surface area contributed by atoms with Crippen molar-refractivity contribution >= 4 is 15.5 Å². The largest absolute Gasteiger partial charge is 0.383 e. The number of anilines is 1. The van der Waals surface area contributed by atoms with Gasteiger partial charge in [0.05, 0.1) is 16.4 Å². The van der Waals surface area contributed by atoms with Gasteiger partial charge in [0.2, 0.25) is 0 Å². The summed E-state index contributed by atoms with van der Waals surface area (Å²) in [5, 5.41) is 11.9. The maximum absolute atomic E-state index is 11.6. The lowest BCUT2D eigenvalue weighted by Gasteiger charge is -2.23. The molecule has 0 aliphatic carbocycles. The van der Waals surface area contributed by atoms with Gasteiger partial charge in [-0.15, -0.1) is 0 Å². The molecule has 1 rings (SSSR count). The fourth-order valence-electron chi connectivity index (χ4n) is 1.35. The lowest BCUT2D eigenvalue weighted by atomic mass is 10.1. The molecule has 1 aromatic rings. The second-order valence-corrected chi connectivity index (χ2v) is 7.68. The molecular formula is C13H18N2O2S. The summed E-state index contributed by atoms with van der Waals surface area (Å²) in [6.07, 6.45) is 1.23. The molecule has 0 radical (unpaired) electrons. The lowest BCUT2D eigenvalue weighted by molar-refractivity contribution is 0.560. The Labute approximate surface area is 109 Å². The zero-order valence-electron chi connectivity index (χ0n) is 11.1. The summed E-state index contributed by atoms with van der Waals surface area (Å²) in [4.78, 5) is 0. The van der Waals surface area contributed by atoms with Gasteiger partial charge in [-0.3, -0.25) is 0 Å². The van der Waals surface area contributed by atoms with Crippen molar-refractivity contribution in [1.29, 1.82) is 5.26 Å². The Morgan fingerprint density at radius 2 is 2.00 bits per heavy atom. The van der Waals surface area contributed by atoms with Gasteiger partial charge in [0, 0.05) is 18.5 Å². The first kappa shape index (κ1) is 14.5. The van der Waals surface area contributed by atoms with Crippen LogP contribution in [0.1, 0.15) is 25.0 Å². The number of nitrogens with one attached hydrogen (secondary N) is 1. The van der Waals surface area contributed by atoms with Gasteiger partial charge >= 0.3 is 0 Å². The highest BCUT2D eigenvalue weighted by Crippen LogP contribution is 2.19. The van der Waals surface area contributed by atoms with Crippen LogP contribution in [0.15, 0.2) is 18.2 Å². The number of nitriles is 1. The normalized spacial score (nSPS) is 11.9. The minimum Gasteiger partial charge on any atom is -0.383 e. The van der Waals surface area contributed by atoms with E-state index in [1.165, 1.54) is 6.26 Å². The molecule has 1 N–H and O–H groups in total. The fraction of sp³-hybridized carbons (Fsp3) is 0.462. The van der Waals surface area contributed by atoms with E-state index in [2.05, 4.69) is 11.4 Å². The van der Waals surface area contributed by atoms with Crippen molar-refractivity contribution < 1.29 is 8.42 Å². The minimum atomic E-state index is -3.11. The molecule has 4 nitrogen and oxygen atoms in total. The molecule has 0 spiro atoms. The van der Waals surface area contributed by atoms with Crippen LogP contribution in [0.3, 0.4) is 0 Å². The Bertz CT molecular complexity index is 583. The molecular weight excluding hydrogens is 248 g/mol. The molecule has 0 saturated heterocycles. The number of hydrogen-bond acceptors (Lipinski definition) is 4. The van der Waals surface area contributed by atoms with Crippen LogP contribution >= 0.6 is 0 Å². The van der Waals surface area contributed by atoms with E-state index >= 15 is 0 Å². The Hall–Kier alpha value is -1.54. The first-order valence-electron chi connectivity index (χ1n) is 5.61. The van der Waals surface area contributed by atoms with Gasteiger partial charge in [-0.2, -0.15) is 5.26 Å². The molecule has 0 aromatic heterocycles. The summed E-state index contributed by atoms with van der Waals surface area (Å²) in [6, 6.07) is 7.45. The highest BCUT2D eigenvalue weighted by Gasteiger charge is 2.29. The van der Waals surface area contributed by atoms with Crippen molar-refractivity contribution in [2.45, 2.75) is 25.5 Å². The summed E-state index contributed by atoms with van der Waals surface area (Å²) < 4.78 is 22.3. The molecule has 1 aromatic carbocycles. The monoisotopic (exact) mass is 266 g/mol. The summed E-state index contributed by atoms with van der Waals surface area (Å²) >= 11 is 0. The molecule has 18 heavy (non-hydrogen) atoms. The second-order valence-electron chi connectivity index (χ2n) is 5.03. The van der Waals surface area contributed by atoms with E-state index in [4.69, 9.17) is 5.26 Å². The molecule has 0 unspecified atom stereocenters. The van der Waals surface area contributed by atoms with E-state index in [0.29, 0.717) is 12.1 Å². The third kappa shape index (κ3) is 3.23. The van der Waals surface area contributed by atoms with E-state index in [0.717, 1.165) is 11.3 Å². The first-order valence-corrected chi connectivity index (χ1v) is 7.51. The third-order valence-corrected chi connectivity index (χ3v) is 5.22. The predicted octanol–water partition coefficient (Wildman–Crippen LogP) is 2.10. The average Bonchev–Trinajstić information content (AvgIpc) is 2.25. The maximum Gasteiger partial charge on any atom is 0.154 e. The van der Waals surface area contributed by atoms with E-state index in [9.17, 15) is 8.42 Å². The quantitative estimate of drug-likeness (QED) is 0.906. The number of rotatable bonds is 4. The molecule has 0 aliphatic rings. The molecule has 0 fully saturated rings. The SMILES string of the molecule is Cc1cc(NCC(C)(C)S(C)(=O)=O)ccc1C#N. The van der Waals surface area contributed by atoms with Gasteiger partial charge in [0.25, 0.3) is 0 Å². The number of benzene rings is 1. The summed E-state index contributed by atoms with van der Waals surface area (Å²) in [6.45, 7) is 5.56. The zero-order valence-corrected chi connectivity index (χ0v) is 11.9. The van der Waals surface area contributed by atoms with Crippen LogP contribution in [0.5, 0.6) is 0 Å². The summed E-state index contributed by atoms with van der Waals surface area (Å²) in [7, 11) is -3.11. The van der Waals surface area contributed by atoms with Crippen molar-refractivity contribution in [2.75, 3.05) is 18.1 Å². The van der Waals surface area contributed by atoms with Crippen LogP contribution in [-0.2, 0) is 9.84 Å². The standard InChI is InChI=1S/C13H18N2O2S/c1-10-7-12(6-5-11(10)8-14)15-9-13(2,3)18(4,16)17/h5-7,15H,9H2,1-4H3. The maximum atomic E-state index is 11.6. The van der Waals surface area contributed by atoms with Crippen LogP contribution in [0.25, 0.3) is 0 Å². The van der Waals surface area contributed by atoms with Crippen molar-refractivity contribution in [1.82, 2.24) is 0 Å². The fourth-order valence-corrected chi connectivity index (χ4v) is 1.68. The van der Waals surface area contributed by atoms with Crippen LogP contribution < -0.4 is 5.32 Å². The summed E-state index contributed by atoms with van der Waals surface area (Å²) in [5.74, 6) is 0. The Morgan fingerprint density at radius 1 is 1.39 bits per heavy atom. The number of sulfone groups is 1. The molecule has 98 valence electrons. The molecule has 5 heteroatoms. The Balaban J connectivity index is 2.83. The Morgan fingerprint density at radius 3 is 2.44 bits per heavy atom. The van der Waals surface area contributed by atoms with E-state index in [1.54, 1.807) is 26.0 Å². The number of nitrogens with zero attached hydrogens (tertiary/aromatic N) is 1. The smallest absolute Gasteiger partial charge is 0.154 e. The molecule has 0 amide bonds.